The Morgan fingerprint density at radius 2 is 1.89 bits per heavy atom. The molecule has 3 rings (SSSR count). The number of H-pyrrole nitrogens is 1. The van der Waals surface area contributed by atoms with Crippen molar-refractivity contribution in [2.24, 2.45) is 0 Å². The lowest BCUT2D eigenvalue weighted by Gasteiger charge is -2.32. The normalized spacial score (nSPS) is 16.6. The minimum atomic E-state index is 0.657. The summed E-state index contributed by atoms with van der Waals surface area (Å²) in [5.41, 5.74) is 1.42. The van der Waals surface area contributed by atoms with Gasteiger partial charge < -0.3 is 9.64 Å². The van der Waals surface area contributed by atoms with E-state index in [-0.39, 0.29) is 0 Å². The third-order valence-electron chi connectivity index (χ3n) is 3.91. The van der Waals surface area contributed by atoms with Crippen molar-refractivity contribution in [3.8, 4) is 5.75 Å². The van der Waals surface area contributed by atoms with Gasteiger partial charge in [-0.3, -0.25) is 5.10 Å². The first kappa shape index (κ1) is 12.1. The number of hydrogen-bond donors (Lipinski definition) is 1. The highest BCUT2D eigenvalue weighted by atomic mass is 16.5. The molecule has 1 aliphatic rings. The van der Waals surface area contributed by atoms with Crippen LogP contribution in [0, 0.1) is 0 Å². The second-order valence-electron chi connectivity index (χ2n) is 4.98. The minimum Gasteiger partial charge on any atom is -0.497 e. The zero-order chi connectivity index (χ0) is 13.1. The number of anilines is 1. The van der Waals surface area contributed by atoms with Crippen LogP contribution in [0.4, 0.5) is 5.82 Å². The van der Waals surface area contributed by atoms with Crippen LogP contribution in [0.25, 0.3) is 0 Å². The SMILES string of the molecule is COc1ccc(C2CCN(c3ccn[nH]3)CC2)cc1. The van der Waals surface area contributed by atoms with E-state index in [0.717, 1.165) is 24.7 Å². The highest BCUT2D eigenvalue weighted by molar-refractivity contribution is 5.38. The van der Waals surface area contributed by atoms with Crippen LogP contribution < -0.4 is 9.64 Å². The number of rotatable bonds is 3. The quantitative estimate of drug-likeness (QED) is 0.919. The van der Waals surface area contributed by atoms with Gasteiger partial charge in [0.2, 0.25) is 0 Å². The first-order chi connectivity index (χ1) is 9.36. The standard InChI is InChI=1S/C15H19N3O/c1-19-14-4-2-12(3-5-14)13-7-10-18(11-8-13)15-6-9-16-17-15/h2-6,9,13H,7-8,10-11H2,1H3,(H,16,17). The molecule has 1 aromatic carbocycles. The van der Waals surface area contributed by atoms with Gasteiger partial charge in [0.25, 0.3) is 0 Å². The summed E-state index contributed by atoms with van der Waals surface area (Å²) in [7, 11) is 1.71. The average molecular weight is 257 g/mol. The summed E-state index contributed by atoms with van der Waals surface area (Å²) in [5.74, 6) is 2.72. The number of methoxy groups -OCH3 is 1. The maximum Gasteiger partial charge on any atom is 0.123 e. The van der Waals surface area contributed by atoms with Crippen LogP contribution in [0.15, 0.2) is 36.5 Å². The Morgan fingerprint density at radius 3 is 2.47 bits per heavy atom. The van der Waals surface area contributed by atoms with Crippen LogP contribution >= 0.6 is 0 Å². The van der Waals surface area contributed by atoms with Crippen molar-refractivity contribution in [2.45, 2.75) is 18.8 Å². The van der Waals surface area contributed by atoms with Crippen LogP contribution in [-0.4, -0.2) is 30.4 Å². The lowest BCUT2D eigenvalue weighted by molar-refractivity contribution is 0.414. The molecule has 1 fully saturated rings. The third-order valence-corrected chi connectivity index (χ3v) is 3.91. The van der Waals surface area contributed by atoms with E-state index in [1.54, 1.807) is 7.11 Å². The number of aromatic nitrogens is 2. The molecule has 1 saturated heterocycles. The minimum absolute atomic E-state index is 0.657. The van der Waals surface area contributed by atoms with E-state index < -0.39 is 0 Å². The summed E-state index contributed by atoms with van der Waals surface area (Å²) in [6.45, 7) is 2.16. The molecular weight excluding hydrogens is 238 g/mol. The predicted molar refractivity (Wildman–Crippen MR) is 75.8 cm³/mol. The number of benzene rings is 1. The molecule has 0 saturated carbocycles. The van der Waals surface area contributed by atoms with Gasteiger partial charge in [0.05, 0.1) is 13.3 Å². The largest absolute Gasteiger partial charge is 0.497 e. The third kappa shape index (κ3) is 2.57. The molecule has 1 aromatic heterocycles. The number of hydrogen-bond acceptors (Lipinski definition) is 3. The van der Waals surface area contributed by atoms with E-state index in [1.807, 2.05) is 12.3 Å². The first-order valence-corrected chi connectivity index (χ1v) is 6.75. The number of nitrogens with zero attached hydrogens (tertiary/aromatic N) is 2. The number of aromatic amines is 1. The van der Waals surface area contributed by atoms with E-state index in [4.69, 9.17) is 4.74 Å². The Bertz CT molecular complexity index is 499. The molecule has 2 aromatic rings. The van der Waals surface area contributed by atoms with E-state index in [0.29, 0.717) is 5.92 Å². The molecule has 1 N–H and O–H groups in total. The van der Waals surface area contributed by atoms with Crippen molar-refractivity contribution < 1.29 is 4.74 Å². The Labute approximate surface area is 113 Å². The van der Waals surface area contributed by atoms with Crippen molar-refractivity contribution in [2.75, 3.05) is 25.1 Å². The van der Waals surface area contributed by atoms with Crippen LogP contribution in [0.2, 0.25) is 0 Å². The van der Waals surface area contributed by atoms with Crippen molar-refractivity contribution in [1.29, 1.82) is 0 Å². The summed E-state index contributed by atoms with van der Waals surface area (Å²) in [4.78, 5) is 2.37. The molecule has 19 heavy (non-hydrogen) atoms. The van der Waals surface area contributed by atoms with E-state index in [9.17, 15) is 0 Å². The number of piperidine rings is 1. The highest BCUT2D eigenvalue weighted by Crippen LogP contribution is 2.30. The lowest BCUT2D eigenvalue weighted by Crippen LogP contribution is -2.33. The summed E-state index contributed by atoms with van der Waals surface area (Å²) in [5, 5.41) is 7.05. The Morgan fingerprint density at radius 1 is 1.16 bits per heavy atom. The molecule has 4 nitrogen and oxygen atoms in total. The summed E-state index contributed by atoms with van der Waals surface area (Å²) >= 11 is 0. The fourth-order valence-electron chi connectivity index (χ4n) is 2.75. The predicted octanol–water partition coefficient (Wildman–Crippen LogP) is 2.80. The van der Waals surface area contributed by atoms with Gasteiger partial charge in [0.15, 0.2) is 0 Å². The fourth-order valence-corrected chi connectivity index (χ4v) is 2.75. The van der Waals surface area contributed by atoms with Crippen molar-refractivity contribution in [3.63, 3.8) is 0 Å². The molecule has 0 unspecified atom stereocenters. The number of nitrogens with one attached hydrogen (secondary N) is 1. The maximum absolute atomic E-state index is 5.20. The van der Waals surface area contributed by atoms with Crippen LogP contribution in [0.3, 0.4) is 0 Å². The van der Waals surface area contributed by atoms with Gasteiger partial charge in [0.1, 0.15) is 11.6 Å². The molecule has 0 spiro atoms. The van der Waals surface area contributed by atoms with E-state index in [2.05, 4.69) is 39.4 Å². The second kappa shape index (κ2) is 5.34. The zero-order valence-corrected chi connectivity index (χ0v) is 11.2. The van der Waals surface area contributed by atoms with Crippen molar-refractivity contribution in [1.82, 2.24) is 10.2 Å². The smallest absolute Gasteiger partial charge is 0.123 e. The Hall–Kier alpha value is -1.97. The molecule has 2 heterocycles. The molecule has 100 valence electrons. The molecule has 4 heteroatoms. The summed E-state index contributed by atoms with van der Waals surface area (Å²) < 4.78 is 5.20. The molecule has 0 amide bonds. The molecule has 0 atom stereocenters. The lowest BCUT2D eigenvalue weighted by atomic mass is 9.89. The summed E-state index contributed by atoms with van der Waals surface area (Å²) in [6, 6.07) is 10.5. The van der Waals surface area contributed by atoms with Crippen molar-refractivity contribution >= 4 is 5.82 Å². The van der Waals surface area contributed by atoms with Gasteiger partial charge in [0, 0.05) is 19.2 Å². The van der Waals surface area contributed by atoms with Gasteiger partial charge in [-0.2, -0.15) is 5.10 Å². The maximum atomic E-state index is 5.20. The number of ether oxygens (including phenoxy) is 1. The fraction of sp³-hybridized carbons (Fsp3) is 0.400. The molecular formula is C15H19N3O. The highest BCUT2D eigenvalue weighted by Gasteiger charge is 2.21. The molecule has 1 aliphatic heterocycles. The van der Waals surface area contributed by atoms with Crippen LogP contribution in [0.5, 0.6) is 5.75 Å². The molecule has 0 aliphatic carbocycles. The monoisotopic (exact) mass is 257 g/mol. The van der Waals surface area contributed by atoms with Crippen LogP contribution in [-0.2, 0) is 0 Å². The van der Waals surface area contributed by atoms with E-state index in [1.165, 1.54) is 18.4 Å². The first-order valence-electron chi connectivity index (χ1n) is 6.75. The summed E-state index contributed by atoms with van der Waals surface area (Å²) in [6.07, 6.45) is 4.18. The molecule has 0 radical (unpaired) electrons. The van der Waals surface area contributed by atoms with Crippen molar-refractivity contribution in [3.05, 3.63) is 42.1 Å². The Kier molecular flexibility index (Phi) is 3.40. The van der Waals surface area contributed by atoms with Crippen LogP contribution in [0.1, 0.15) is 24.3 Å². The van der Waals surface area contributed by atoms with E-state index >= 15 is 0 Å². The molecule has 0 bridgehead atoms. The average Bonchev–Trinajstić information content (AvgIpc) is 3.02. The van der Waals surface area contributed by atoms with Gasteiger partial charge in [-0.25, -0.2) is 0 Å². The second-order valence-corrected chi connectivity index (χ2v) is 4.98. The van der Waals surface area contributed by atoms with Gasteiger partial charge >= 0.3 is 0 Å². The Balaban J connectivity index is 1.63. The van der Waals surface area contributed by atoms with Gasteiger partial charge in [-0.05, 0) is 36.5 Å². The zero-order valence-electron chi connectivity index (χ0n) is 11.2. The topological polar surface area (TPSA) is 41.1 Å². The van der Waals surface area contributed by atoms with Gasteiger partial charge in [-0.15, -0.1) is 0 Å². The van der Waals surface area contributed by atoms with Gasteiger partial charge in [-0.1, -0.05) is 12.1 Å².